The van der Waals surface area contributed by atoms with Crippen LogP contribution in [-0.2, 0) is 9.59 Å². The smallest absolute Gasteiger partial charge is 0.243 e. The van der Waals surface area contributed by atoms with Crippen molar-refractivity contribution < 1.29 is 19.9 Å². The second-order valence-corrected chi connectivity index (χ2v) is 5.84. The molecule has 0 bridgehead atoms. The van der Waals surface area contributed by atoms with Gasteiger partial charge in [-0.3, -0.25) is 20.2 Å². The zero-order valence-electron chi connectivity index (χ0n) is 14.4. The Balaban J connectivity index is 1.75. The van der Waals surface area contributed by atoms with Crippen LogP contribution < -0.4 is 16.3 Å². The van der Waals surface area contributed by atoms with Gasteiger partial charge in [0.25, 0.3) is 0 Å². The molecule has 0 radical (unpaired) electrons. The standard InChI is InChI=1S/C19H23N3O4/c23-17-11-10-14-6-4-5-7-15(14)16(17)12-13-20-21-18(24)8-2-1-3-9-19(25)22-26/h4-7,10-13,20,23,26H,1-3,8-9H2,(H,21,24)(H,22,25)/b13-12+. The Bertz CT molecular complexity index is 789. The minimum absolute atomic E-state index is 0.164. The molecule has 0 atom stereocenters. The first kappa shape index (κ1) is 19.3. The molecule has 138 valence electrons. The first-order chi connectivity index (χ1) is 12.6. The van der Waals surface area contributed by atoms with Crippen LogP contribution in [0.2, 0.25) is 0 Å². The van der Waals surface area contributed by atoms with Crippen molar-refractivity contribution in [3.8, 4) is 5.75 Å². The number of rotatable bonds is 9. The van der Waals surface area contributed by atoms with Crippen LogP contribution in [0.1, 0.15) is 37.7 Å². The number of nitrogens with one attached hydrogen (secondary N) is 3. The molecular formula is C19H23N3O4. The van der Waals surface area contributed by atoms with E-state index >= 15 is 0 Å². The van der Waals surface area contributed by atoms with Crippen LogP contribution >= 0.6 is 0 Å². The fourth-order valence-corrected chi connectivity index (χ4v) is 2.57. The van der Waals surface area contributed by atoms with E-state index in [-0.39, 0.29) is 18.1 Å². The topological polar surface area (TPSA) is 111 Å². The Hall–Kier alpha value is -3.06. The average molecular weight is 357 g/mol. The number of phenolic OH excluding ortho intramolecular Hbond substituents is 1. The number of hydrogen-bond donors (Lipinski definition) is 5. The van der Waals surface area contributed by atoms with Crippen LogP contribution in [0.4, 0.5) is 0 Å². The number of unbranched alkanes of at least 4 members (excludes halogenated alkanes) is 2. The Morgan fingerprint density at radius 1 is 0.962 bits per heavy atom. The van der Waals surface area contributed by atoms with E-state index < -0.39 is 5.91 Å². The SMILES string of the molecule is O=C(CCCCCC(=O)NN/C=C/c1c(O)ccc2ccccc12)NO. The average Bonchev–Trinajstić information content (AvgIpc) is 2.66. The molecule has 0 fully saturated rings. The summed E-state index contributed by atoms with van der Waals surface area (Å²) < 4.78 is 0. The first-order valence-corrected chi connectivity index (χ1v) is 8.46. The largest absolute Gasteiger partial charge is 0.507 e. The van der Waals surface area contributed by atoms with Gasteiger partial charge in [-0.25, -0.2) is 5.48 Å². The number of fused-ring (bicyclic) bond motifs is 1. The molecule has 0 saturated heterocycles. The summed E-state index contributed by atoms with van der Waals surface area (Å²) >= 11 is 0. The normalized spacial score (nSPS) is 10.8. The minimum Gasteiger partial charge on any atom is -0.507 e. The molecule has 2 amide bonds. The molecule has 0 aliphatic carbocycles. The van der Waals surface area contributed by atoms with E-state index in [2.05, 4.69) is 10.9 Å². The molecule has 2 aromatic carbocycles. The quantitative estimate of drug-likeness (QED) is 0.269. The number of hydrazine groups is 1. The van der Waals surface area contributed by atoms with Crippen LogP contribution in [0.15, 0.2) is 42.6 Å². The third-order valence-corrected chi connectivity index (χ3v) is 3.92. The van der Waals surface area contributed by atoms with Gasteiger partial charge >= 0.3 is 0 Å². The summed E-state index contributed by atoms with van der Waals surface area (Å²) in [5.41, 5.74) is 7.51. The Morgan fingerprint density at radius 2 is 1.69 bits per heavy atom. The maximum absolute atomic E-state index is 11.7. The Kier molecular flexibility index (Phi) is 7.45. The third-order valence-electron chi connectivity index (χ3n) is 3.92. The zero-order chi connectivity index (χ0) is 18.8. The molecule has 5 N–H and O–H groups in total. The van der Waals surface area contributed by atoms with Crippen LogP contribution in [0.3, 0.4) is 0 Å². The molecule has 7 nitrogen and oxygen atoms in total. The number of hydroxylamine groups is 1. The number of carbonyl (C=O) groups is 2. The molecule has 26 heavy (non-hydrogen) atoms. The molecule has 0 heterocycles. The van der Waals surface area contributed by atoms with Crippen molar-refractivity contribution in [2.24, 2.45) is 0 Å². The van der Waals surface area contributed by atoms with Gasteiger partial charge in [0, 0.05) is 24.6 Å². The van der Waals surface area contributed by atoms with E-state index in [4.69, 9.17) is 5.21 Å². The lowest BCUT2D eigenvalue weighted by Crippen LogP contribution is -2.33. The van der Waals surface area contributed by atoms with Gasteiger partial charge in [-0.1, -0.05) is 36.8 Å². The van der Waals surface area contributed by atoms with Crippen LogP contribution in [0.5, 0.6) is 5.75 Å². The fraction of sp³-hybridized carbons (Fsp3) is 0.263. The van der Waals surface area contributed by atoms with Crippen LogP contribution in [0.25, 0.3) is 16.8 Å². The van der Waals surface area contributed by atoms with E-state index in [0.29, 0.717) is 24.8 Å². The third kappa shape index (κ3) is 5.78. The van der Waals surface area contributed by atoms with Crippen molar-refractivity contribution in [3.63, 3.8) is 0 Å². The van der Waals surface area contributed by atoms with E-state index in [1.54, 1.807) is 23.8 Å². The summed E-state index contributed by atoms with van der Waals surface area (Å²) in [6.07, 6.45) is 5.83. The van der Waals surface area contributed by atoms with Crippen LogP contribution in [0, 0.1) is 0 Å². The van der Waals surface area contributed by atoms with E-state index in [9.17, 15) is 14.7 Å². The molecule has 2 rings (SSSR count). The number of hydrogen-bond acceptors (Lipinski definition) is 5. The molecular weight excluding hydrogens is 334 g/mol. The fourth-order valence-electron chi connectivity index (χ4n) is 2.57. The summed E-state index contributed by atoms with van der Waals surface area (Å²) in [5.74, 6) is -0.415. The highest BCUT2D eigenvalue weighted by Gasteiger charge is 2.04. The molecule has 0 saturated carbocycles. The molecule has 0 aromatic heterocycles. The molecule has 7 heteroatoms. The second kappa shape index (κ2) is 10.0. The highest BCUT2D eigenvalue weighted by atomic mass is 16.5. The Labute approximate surface area is 151 Å². The Morgan fingerprint density at radius 3 is 2.46 bits per heavy atom. The van der Waals surface area contributed by atoms with Crippen molar-refractivity contribution in [1.29, 1.82) is 0 Å². The molecule has 0 aliphatic rings. The lowest BCUT2D eigenvalue weighted by atomic mass is 10.0. The number of benzene rings is 2. The highest BCUT2D eigenvalue weighted by molar-refractivity contribution is 5.93. The number of aromatic hydroxyl groups is 1. The van der Waals surface area contributed by atoms with E-state index in [0.717, 1.165) is 17.2 Å². The number of amides is 2. The van der Waals surface area contributed by atoms with Gasteiger partial charge in [0.1, 0.15) is 5.75 Å². The molecule has 2 aromatic rings. The van der Waals surface area contributed by atoms with Gasteiger partial charge in [0.2, 0.25) is 11.8 Å². The predicted octanol–water partition coefficient (Wildman–Crippen LogP) is 2.59. The zero-order valence-corrected chi connectivity index (χ0v) is 14.4. The molecule has 0 unspecified atom stereocenters. The monoisotopic (exact) mass is 357 g/mol. The van der Waals surface area contributed by atoms with Crippen molar-refractivity contribution in [3.05, 3.63) is 48.2 Å². The maximum atomic E-state index is 11.7. The summed E-state index contributed by atoms with van der Waals surface area (Å²) in [5, 5.41) is 20.3. The predicted molar refractivity (Wildman–Crippen MR) is 98.9 cm³/mol. The lowest BCUT2D eigenvalue weighted by Gasteiger charge is -2.07. The van der Waals surface area contributed by atoms with Gasteiger partial charge in [0.05, 0.1) is 0 Å². The van der Waals surface area contributed by atoms with Crippen molar-refractivity contribution in [1.82, 2.24) is 16.3 Å². The summed E-state index contributed by atoms with van der Waals surface area (Å²) in [4.78, 5) is 22.5. The molecule has 0 spiro atoms. The van der Waals surface area contributed by atoms with Crippen molar-refractivity contribution in [2.45, 2.75) is 32.1 Å². The van der Waals surface area contributed by atoms with Gasteiger partial charge in [-0.05, 0) is 35.8 Å². The minimum atomic E-state index is -0.419. The van der Waals surface area contributed by atoms with Crippen molar-refractivity contribution in [2.75, 3.05) is 0 Å². The highest BCUT2D eigenvalue weighted by Crippen LogP contribution is 2.27. The summed E-state index contributed by atoms with van der Waals surface area (Å²) in [6, 6.07) is 11.2. The van der Waals surface area contributed by atoms with Gasteiger partial charge < -0.3 is 10.5 Å². The van der Waals surface area contributed by atoms with Crippen LogP contribution in [-0.4, -0.2) is 22.1 Å². The second-order valence-electron chi connectivity index (χ2n) is 5.84. The van der Waals surface area contributed by atoms with Crippen molar-refractivity contribution >= 4 is 28.7 Å². The first-order valence-electron chi connectivity index (χ1n) is 8.46. The van der Waals surface area contributed by atoms with Gasteiger partial charge in [-0.15, -0.1) is 0 Å². The van der Waals surface area contributed by atoms with Gasteiger partial charge in [-0.2, -0.15) is 0 Å². The number of phenols is 1. The van der Waals surface area contributed by atoms with E-state index in [1.807, 2.05) is 30.3 Å². The summed E-state index contributed by atoms with van der Waals surface area (Å²) in [7, 11) is 0. The maximum Gasteiger partial charge on any atom is 0.243 e. The van der Waals surface area contributed by atoms with Gasteiger partial charge in [0.15, 0.2) is 0 Å². The lowest BCUT2D eigenvalue weighted by molar-refractivity contribution is -0.129. The summed E-state index contributed by atoms with van der Waals surface area (Å²) in [6.45, 7) is 0. The van der Waals surface area contributed by atoms with E-state index in [1.165, 1.54) is 0 Å². The molecule has 0 aliphatic heterocycles. The number of carbonyl (C=O) groups excluding carboxylic acids is 2.